The predicted octanol–water partition coefficient (Wildman–Crippen LogP) is 2.45. The summed E-state index contributed by atoms with van der Waals surface area (Å²) in [6, 6.07) is 8.54. The van der Waals surface area contributed by atoms with Crippen LogP contribution < -0.4 is 5.32 Å². The average Bonchev–Trinajstić information content (AvgIpc) is 3.17. The van der Waals surface area contributed by atoms with Crippen LogP contribution in [0, 0.1) is 12.8 Å². The van der Waals surface area contributed by atoms with E-state index in [9.17, 15) is 0 Å². The Morgan fingerprint density at radius 2 is 2.30 bits per heavy atom. The monoisotopic (exact) mass is 370 g/mol. The summed E-state index contributed by atoms with van der Waals surface area (Å²) in [4.78, 5) is 2.44. The van der Waals surface area contributed by atoms with Crippen LogP contribution in [0.15, 0.2) is 36.7 Å². The van der Waals surface area contributed by atoms with Crippen molar-refractivity contribution in [3.05, 3.63) is 47.8 Å². The first-order valence-corrected chi connectivity index (χ1v) is 9.82. The van der Waals surface area contributed by atoms with Crippen LogP contribution in [-0.4, -0.2) is 59.7 Å². The van der Waals surface area contributed by atoms with Crippen LogP contribution in [0.25, 0.3) is 0 Å². The lowest BCUT2D eigenvalue weighted by Gasteiger charge is -2.31. The van der Waals surface area contributed by atoms with Crippen molar-refractivity contribution in [2.75, 3.05) is 44.8 Å². The van der Waals surface area contributed by atoms with E-state index in [1.807, 2.05) is 17.9 Å². The van der Waals surface area contributed by atoms with Gasteiger partial charge in [0.2, 0.25) is 0 Å². The number of benzene rings is 1. The van der Waals surface area contributed by atoms with Gasteiger partial charge in [-0.15, -0.1) is 0 Å². The van der Waals surface area contributed by atoms with Crippen molar-refractivity contribution in [2.24, 2.45) is 13.0 Å². The molecule has 2 fully saturated rings. The van der Waals surface area contributed by atoms with E-state index in [4.69, 9.17) is 9.47 Å². The highest BCUT2D eigenvalue weighted by atomic mass is 16.5. The number of rotatable bonds is 5. The normalized spacial score (nSPS) is 26.4. The van der Waals surface area contributed by atoms with E-state index in [1.165, 1.54) is 16.8 Å². The molecule has 2 saturated heterocycles. The first-order valence-electron chi connectivity index (χ1n) is 9.82. The first kappa shape index (κ1) is 18.5. The van der Waals surface area contributed by atoms with E-state index >= 15 is 0 Å². The molecule has 6 nitrogen and oxygen atoms in total. The topological polar surface area (TPSA) is 51.5 Å². The second kappa shape index (κ2) is 8.00. The van der Waals surface area contributed by atoms with E-state index in [2.05, 4.69) is 52.7 Å². The van der Waals surface area contributed by atoms with Crippen LogP contribution in [0.3, 0.4) is 0 Å². The Balaban J connectivity index is 1.34. The van der Waals surface area contributed by atoms with E-state index in [1.54, 1.807) is 0 Å². The highest BCUT2D eigenvalue weighted by Crippen LogP contribution is 2.33. The molecule has 0 aliphatic carbocycles. The van der Waals surface area contributed by atoms with Crippen molar-refractivity contribution in [3.8, 4) is 0 Å². The van der Waals surface area contributed by atoms with Crippen LogP contribution in [0.5, 0.6) is 0 Å². The molecule has 27 heavy (non-hydrogen) atoms. The van der Waals surface area contributed by atoms with Gasteiger partial charge in [-0.05, 0) is 31.0 Å². The van der Waals surface area contributed by atoms with Gasteiger partial charge in [-0.3, -0.25) is 9.58 Å². The summed E-state index contributed by atoms with van der Waals surface area (Å²) in [5.41, 5.74) is 3.52. The maximum absolute atomic E-state index is 6.33. The van der Waals surface area contributed by atoms with Gasteiger partial charge in [0, 0.05) is 56.6 Å². The fraction of sp³-hybridized carbons (Fsp3) is 0.571. The van der Waals surface area contributed by atoms with Gasteiger partial charge < -0.3 is 14.8 Å². The molecule has 4 rings (SSSR count). The number of anilines is 1. The van der Waals surface area contributed by atoms with Gasteiger partial charge in [-0.2, -0.15) is 5.10 Å². The molecule has 3 heterocycles. The summed E-state index contributed by atoms with van der Waals surface area (Å²) in [7, 11) is 1.96. The van der Waals surface area contributed by atoms with Gasteiger partial charge in [0.25, 0.3) is 0 Å². The van der Waals surface area contributed by atoms with Gasteiger partial charge in [0.1, 0.15) is 5.60 Å². The Labute approximate surface area is 161 Å². The third-order valence-electron chi connectivity index (χ3n) is 5.49. The Morgan fingerprint density at radius 1 is 1.37 bits per heavy atom. The van der Waals surface area contributed by atoms with Crippen molar-refractivity contribution in [1.29, 1.82) is 0 Å². The standard InChI is InChI=1S/C21H30N4O2/c1-17-4-3-5-20(8-17)22-10-18-9-21(27-14-18)15-25(6-7-26-16-21)13-19-11-23-24(2)12-19/h3-5,8,11-12,18,22H,6-7,9-10,13-16H2,1-2H3/t18-,21-/m1/s1. The molecule has 1 aromatic carbocycles. The zero-order valence-corrected chi connectivity index (χ0v) is 16.4. The molecule has 0 amide bonds. The van der Waals surface area contributed by atoms with Gasteiger partial charge in [-0.1, -0.05) is 12.1 Å². The lowest BCUT2D eigenvalue weighted by molar-refractivity contribution is -0.0562. The van der Waals surface area contributed by atoms with Gasteiger partial charge in [0.05, 0.1) is 26.0 Å². The Bertz CT molecular complexity index is 762. The van der Waals surface area contributed by atoms with Gasteiger partial charge in [0.15, 0.2) is 0 Å². The van der Waals surface area contributed by atoms with Crippen molar-refractivity contribution in [3.63, 3.8) is 0 Å². The highest BCUT2D eigenvalue weighted by Gasteiger charge is 2.43. The average molecular weight is 370 g/mol. The van der Waals surface area contributed by atoms with Crippen LogP contribution in [0.1, 0.15) is 17.5 Å². The molecule has 1 aromatic heterocycles. The minimum atomic E-state index is -0.183. The second-order valence-electron chi connectivity index (χ2n) is 8.10. The second-order valence-corrected chi connectivity index (χ2v) is 8.10. The Kier molecular flexibility index (Phi) is 5.48. The number of nitrogens with one attached hydrogen (secondary N) is 1. The first-order chi connectivity index (χ1) is 13.1. The number of nitrogens with zero attached hydrogens (tertiary/aromatic N) is 3. The molecule has 0 unspecified atom stereocenters. The van der Waals surface area contributed by atoms with Gasteiger partial charge >= 0.3 is 0 Å². The summed E-state index contributed by atoms with van der Waals surface area (Å²) in [5.74, 6) is 0.507. The molecule has 2 atom stereocenters. The van der Waals surface area contributed by atoms with Crippen molar-refractivity contribution in [2.45, 2.75) is 25.5 Å². The lowest BCUT2D eigenvalue weighted by atomic mass is 9.94. The molecular formula is C21H30N4O2. The molecule has 1 spiro atoms. The molecule has 6 heteroatoms. The molecule has 146 valence electrons. The fourth-order valence-electron chi connectivity index (χ4n) is 4.23. The lowest BCUT2D eigenvalue weighted by Crippen LogP contribution is -2.43. The largest absolute Gasteiger partial charge is 0.385 e. The van der Waals surface area contributed by atoms with Crippen molar-refractivity contribution in [1.82, 2.24) is 14.7 Å². The molecule has 1 N–H and O–H groups in total. The third-order valence-corrected chi connectivity index (χ3v) is 5.49. The predicted molar refractivity (Wildman–Crippen MR) is 106 cm³/mol. The van der Waals surface area contributed by atoms with E-state index < -0.39 is 0 Å². The fourth-order valence-corrected chi connectivity index (χ4v) is 4.23. The number of ether oxygens (including phenoxy) is 2. The quantitative estimate of drug-likeness (QED) is 0.876. The highest BCUT2D eigenvalue weighted by molar-refractivity contribution is 5.45. The maximum Gasteiger partial charge on any atom is 0.104 e. The van der Waals surface area contributed by atoms with Crippen molar-refractivity contribution < 1.29 is 9.47 Å². The summed E-state index contributed by atoms with van der Waals surface area (Å²) < 4.78 is 14.1. The van der Waals surface area contributed by atoms with E-state index in [0.717, 1.165) is 45.8 Å². The zero-order valence-electron chi connectivity index (χ0n) is 16.4. The molecule has 2 aromatic rings. The van der Waals surface area contributed by atoms with Crippen molar-refractivity contribution >= 4 is 5.69 Å². The number of hydrogen-bond donors (Lipinski definition) is 1. The van der Waals surface area contributed by atoms with Crippen LogP contribution in [0.2, 0.25) is 0 Å². The zero-order chi connectivity index (χ0) is 18.7. The summed E-state index contributed by atoms with van der Waals surface area (Å²) in [6.45, 7) is 8.06. The Morgan fingerprint density at radius 3 is 3.11 bits per heavy atom. The van der Waals surface area contributed by atoms with Crippen LogP contribution >= 0.6 is 0 Å². The minimum absolute atomic E-state index is 0.183. The minimum Gasteiger partial charge on any atom is -0.385 e. The molecule has 0 bridgehead atoms. The number of hydrogen-bond acceptors (Lipinski definition) is 5. The molecule has 0 radical (unpaired) electrons. The molecular weight excluding hydrogens is 340 g/mol. The van der Waals surface area contributed by atoms with Crippen LogP contribution in [0.4, 0.5) is 5.69 Å². The smallest absolute Gasteiger partial charge is 0.104 e. The summed E-state index contributed by atoms with van der Waals surface area (Å²) in [5, 5.41) is 7.86. The molecule has 2 aliphatic heterocycles. The number of aromatic nitrogens is 2. The summed E-state index contributed by atoms with van der Waals surface area (Å²) in [6.07, 6.45) is 5.07. The Hall–Kier alpha value is -1.89. The maximum atomic E-state index is 6.33. The number of aryl methyl sites for hydroxylation is 2. The van der Waals surface area contributed by atoms with Gasteiger partial charge in [-0.25, -0.2) is 0 Å². The molecule has 0 saturated carbocycles. The summed E-state index contributed by atoms with van der Waals surface area (Å²) >= 11 is 0. The van der Waals surface area contributed by atoms with E-state index in [0.29, 0.717) is 12.5 Å². The van der Waals surface area contributed by atoms with Crippen LogP contribution in [-0.2, 0) is 23.1 Å². The molecule has 2 aliphatic rings. The third kappa shape index (κ3) is 4.69. The SMILES string of the molecule is Cc1cccc(NC[C@@H]2CO[C@]3(COCCN(Cc4cnn(C)c4)C3)C2)c1. The van der Waals surface area contributed by atoms with E-state index in [-0.39, 0.29) is 5.60 Å².